The molecule has 0 atom stereocenters. The minimum Gasteiger partial charge on any atom is -0.481 e. The van der Waals surface area contributed by atoms with Crippen LogP contribution < -0.4 is 10.1 Å². The summed E-state index contributed by atoms with van der Waals surface area (Å²) < 4.78 is 6.78. The van der Waals surface area contributed by atoms with Crippen LogP contribution in [0.4, 0.5) is 5.82 Å². The summed E-state index contributed by atoms with van der Waals surface area (Å²) in [5.74, 6) is 1.47. The molecule has 2 heterocycles. The van der Waals surface area contributed by atoms with Gasteiger partial charge < -0.3 is 10.1 Å². The maximum atomic E-state index is 8.72. The van der Waals surface area contributed by atoms with Crippen LogP contribution in [0.15, 0.2) is 18.2 Å². The number of anilines is 1. The lowest BCUT2D eigenvalue weighted by Crippen LogP contribution is -1.99. The van der Waals surface area contributed by atoms with E-state index >= 15 is 0 Å². The Morgan fingerprint density at radius 1 is 1.59 bits per heavy atom. The van der Waals surface area contributed by atoms with Crippen LogP contribution in [-0.4, -0.2) is 16.9 Å². The van der Waals surface area contributed by atoms with E-state index in [9.17, 15) is 0 Å². The van der Waals surface area contributed by atoms with E-state index in [1.165, 1.54) is 11.3 Å². The first kappa shape index (κ1) is 11.5. The first-order valence-electron chi connectivity index (χ1n) is 5.03. The fourth-order valence-corrected chi connectivity index (χ4v) is 2.18. The van der Waals surface area contributed by atoms with Gasteiger partial charge >= 0.3 is 0 Å². The molecular formula is C11H12N4OS. The third kappa shape index (κ3) is 2.57. The maximum absolute atomic E-state index is 8.72. The molecule has 0 radical (unpaired) electrons. The van der Waals surface area contributed by atoms with Crippen LogP contribution >= 0.6 is 11.3 Å². The lowest BCUT2D eigenvalue weighted by Gasteiger charge is -1.98. The zero-order valence-electron chi connectivity index (χ0n) is 9.60. The molecule has 0 saturated heterocycles. The van der Waals surface area contributed by atoms with Crippen LogP contribution in [0.25, 0.3) is 0 Å². The summed E-state index contributed by atoms with van der Waals surface area (Å²) in [4.78, 5) is 1.83. The third-order valence-electron chi connectivity index (χ3n) is 2.26. The average molecular weight is 248 g/mol. The fraction of sp³-hybridized carbons (Fsp3) is 0.273. The number of rotatable bonds is 4. The number of hydrogen-bond donors (Lipinski definition) is 1. The average Bonchev–Trinajstić information content (AvgIpc) is 2.92. The summed E-state index contributed by atoms with van der Waals surface area (Å²) in [5.41, 5.74) is 0. The smallest absolute Gasteiger partial charge is 0.213 e. The quantitative estimate of drug-likeness (QED) is 0.898. The van der Waals surface area contributed by atoms with Gasteiger partial charge in [0.05, 0.1) is 13.7 Å². The molecule has 0 aliphatic rings. The van der Waals surface area contributed by atoms with E-state index in [4.69, 9.17) is 10.00 Å². The molecule has 2 rings (SSSR count). The van der Waals surface area contributed by atoms with Gasteiger partial charge in [0.1, 0.15) is 10.9 Å². The standard InChI is InChI=1S/C11H12N4OS/c1-15-11(16-2)5-10(14-15)13-7-9-4-3-8(6-12)17-9/h3-5H,7H2,1-2H3,(H,13,14). The highest BCUT2D eigenvalue weighted by Crippen LogP contribution is 2.19. The molecule has 1 N–H and O–H groups in total. The van der Waals surface area contributed by atoms with Gasteiger partial charge in [-0.1, -0.05) is 0 Å². The molecule has 0 spiro atoms. The van der Waals surface area contributed by atoms with E-state index in [1.54, 1.807) is 11.8 Å². The van der Waals surface area contributed by atoms with Gasteiger partial charge in [0.15, 0.2) is 5.82 Å². The molecule has 17 heavy (non-hydrogen) atoms. The highest BCUT2D eigenvalue weighted by atomic mass is 32.1. The number of aromatic nitrogens is 2. The zero-order valence-corrected chi connectivity index (χ0v) is 10.4. The summed E-state index contributed by atoms with van der Waals surface area (Å²) in [5, 5.41) is 16.1. The van der Waals surface area contributed by atoms with Gasteiger partial charge in [-0.05, 0) is 12.1 Å². The molecule has 6 heteroatoms. The topological polar surface area (TPSA) is 62.9 Å². The van der Waals surface area contributed by atoms with Crippen LogP contribution in [0.1, 0.15) is 9.75 Å². The van der Waals surface area contributed by atoms with Crippen LogP contribution in [0.5, 0.6) is 5.88 Å². The fourth-order valence-electron chi connectivity index (χ4n) is 1.44. The van der Waals surface area contributed by atoms with Gasteiger partial charge in [-0.3, -0.25) is 0 Å². The van der Waals surface area contributed by atoms with Gasteiger partial charge in [0.2, 0.25) is 5.88 Å². The maximum Gasteiger partial charge on any atom is 0.213 e. The molecular weight excluding hydrogens is 236 g/mol. The highest BCUT2D eigenvalue weighted by molar-refractivity contribution is 7.12. The van der Waals surface area contributed by atoms with Crippen molar-refractivity contribution in [3.05, 3.63) is 28.0 Å². The second kappa shape index (κ2) is 4.89. The lowest BCUT2D eigenvalue weighted by atomic mass is 10.4. The van der Waals surface area contributed by atoms with E-state index < -0.39 is 0 Å². The van der Waals surface area contributed by atoms with Crippen LogP contribution in [0.3, 0.4) is 0 Å². The van der Waals surface area contributed by atoms with Crippen molar-refractivity contribution in [2.24, 2.45) is 7.05 Å². The lowest BCUT2D eigenvalue weighted by molar-refractivity contribution is 0.373. The first-order chi connectivity index (χ1) is 8.22. The number of thiophene rings is 1. The van der Waals surface area contributed by atoms with Gasteiger partial charge in [-0.2, -0.15) is 10.4 Å². The van der Waals surface area contributed by atoms with Crippen LogP contribution in [0, 0.1) is 11.3 Å². The number of ether oxygens (including phenoxy) is 1. The predicted molar refractivity (Wildman–Crippen MR) is 66.1 cm³/mol. The number of nitrogens with zero attached hydrogens (tertiary/aromatic N) is 3. The Labute approximate surface area is 103 Å². The zero-order chi connectivity index (χ0) is 12.3. The molecule has 0 amide bonds. The summed E-state index contributed by atoms with van der Waals surface area (Å²) in [6.45, 7) is 0.659. The normalized spacial score (nSPS) is 9.94. The van der Waals surface area contributed by atoms with E-state index in [1.807, 2.05) is 25.2 Å². The van der Waals surface area contributed by atoms with Crippen molar-refractivity contribution in [1.82, 2.24) is 9.78 Å². The van der Waals surface area contributed by atoms with E-state index in [2.05, 4.69) is 16.5 Å². The molecule has 0 unspecified atom stereocenters. The SMILES string of the molecule is COc1cc(NCc2ccc(C#N)s2)nn1C. The van der Waals surface area contributed by atoms with Gasteiger partial charge in [-0.25, -0.2) is 4.68 Å². The number of nitriles is 1. The van der Waals surface area contributed by atoms with Crippen molar-refractivity contribution in [2.75, 3.05) is 12.4 Å². The van der Waals surface area contributed by atoms with Crippen molar-refractivity contribution < 1.29 is 4.74 Å². The summed E-state index contributed by atoms with van der Waals surface area (Å²) in [7, 11) is 3.43. The largest absolute Gasteiger partial charge is 0.481 e. The molecule has 0 fully saturated rings. The van der Waals surface area contributed by atoms with Crippen molar-refractivity contribution in [3.8, 4) is 11.9 Å². The highest BCUT2D eigenvalue weighted by Gasteiger charge is 2.05. The van der Waals surface area contributed by atoms with E-state index in [0.29, 0.717) is 12.4 Å². The number of hydrogen-bond acceptors (Lipinski definition) is 5. The second-order valence-electron chi connectivity index (χ2n) is 3.43. The molecule has 0 aliphatic carbocycles. The minimum atomic E-state index is 0.659. The predicted octanol–water partition coefficient (Wildman–Crippen LogP) is 1.97. The van der Waals surface area contributed by atoms with Crippen molar-refractivity contribution in [1.29, 1.82) is 5.26 Å². The molecule has 0 aromatic carbocycles. The molecule has 0 bridgehead atoms. The third-order valence-corrected chi connectivity index (χ3v) is 3.25. The van der Waals surface area contributed by atoms with E-state index in [0.717, 1.165) is 15.6 Å². The van der Waals surface area contributed by atoms with Gasteiger partial charge in [0, 0.05) is 18.0 Å². The van der Waals surface area contributed by atoms with E-state index in [-0.39, 0.29) is 0 Å². The Bertz CT molecular complexity index is 552. The van der Waals surface area contributed by atoms with Crippen LogP contribution in [0.2, 0.25) is 0 Å². The molecule has 2 aromatic rings. The van der Waals surface area contributed by atoms with Crippen molar-refractivity contribution in [2.45, 2.75) is 6.54 Å². The molecule has 88 valence electrons. The minimum absolute atomic E-state index is 0.659. The Hall–Kier alpha value is -2.00. The molecule has 0 saturated carbocycles. The van der Waals surface area contributed by atoms with Gasteiger partial charge in [0.25, 0.3) is 0 Å². The molecule has 0 aliphatic heterocycles. The Balaban J connectivity index is 2.00. The monoisotopic (exact) mass is 248 g/mol. The molecule has 5 nitrogen and oxygen atoms in total. The van der Waals surface area contributed by atoms with Crippen molar-refractivity contribution >= 4 is 17.2 Å². The van der Waals surface area contributed by atoms with Crippen molar-refractivity contribution in [3.63, 3.8) is 0 Å². The number of methoxy groups -OCH3 is 1. The number of nitrogens with one attached hydrogen (secondary N) is 1. The Kier molecular flexibility index (Phi) is 3.30. The molecule has 2 aromatic heterocycles. The Morgan fingerprint density at radius 3 is 3.00 bits per heavy atom. The summed E-state index contributed by atoms with van der Waals surface area (Å²) >= 11 is 1.48. The second-order valence-corrected chi connectivity index (χ2v) is 4.60. The van der Waals surface area contributed by atoms with Crippen LogP contribution in [-0.2, 0) is 13.6 Å². The summed E-state index contributed by atoms with van der Waals surface area (Å²) in [6.07, 6.45) is 0. The Morgan fingerprint density at radius 2 is 2.41 bits per heavy atom. The first-order valence-corrected chi connectivity index (χ1v) is 5.85. The number of aryl methyl sites for hydroxylation is 1. The van der Waals surface area contributed by atoms with Gasteiger partial charge in [-0.15, -0.1) is 11.3 Å². The summed E-state index contributed by atoms with van der Waals surface area (Å²) in [6, 6.07) is 7.71.